The van der Waals surface area contributed by atoms with Crippen LogP contribution in [0.15, 0.2) is 0 Å². The molecule has 0 fully saturated rings. The summed E-state index contributed by atoms with van der Waals surface area (Å²) in [5.41, 5.74) is 5.37. The second-order valence-corrected chi connectivity index (χ2v) is 3.64. The highest BCUT2D eigenvalue weighted by Gasteiger charge is 2.23. The highest BCUT2D eigenvalue weighted by atomic mass is 32.1. The van der Waals surface area contributed by atoms with Gasteiger partial charge in [-0.15, -0.1) is 0 Å². The summed E-state index contributed by atoms with van der Waals surface area (Å²) in [5, 5.41) is 0. The van der Waals surface area contributed by atoms with Crippen molar-refractivity contribution in [2.24, 2.45) is 5.73 Å². The van der Waals surface area contributed by atoms with Crippen molar-refractivity contribution in [3.63, 3.8) is 0 Å². The number of nitrogens with zero attached hydrogens (tertiary/aromatic N) is 3. The van der Waals surface area contributed by atoms with Crippen LogP contribution in [-0.4, -0.2) is 29.7 Å². The number of nitrogens with two attached hydrogens (primary N) is 1. The van der Waals surface area contributed by atoms with Crippen LogP contribution in [0.4, 0.5) is 10.5 Å². The third-order valence-electron chi connectivity index (χ3n) is 2.08. The van der Waals surface area contributed by atoms with Crippen LogP contribution in [0.1, 0.15) is 19.7 Å². The molecular weight excluding hydrogens is 256 g/mol. The number of methoxy groups -OCH3 is 1. The number of carbonyl (C=O) groups excluding carboxylic acids is 1. The largest absolute Gasteiger partial charge is 0.479 e. The van der Waals surface area contributed by atoms with Crippen molar-refractivity contribution in [1.29, 1.82) is 0 Å². The first kappa shape index (κ1) is 14.4. The standard InChI is InChI=1S/C10H16N4O3S/c1-4-6-12-8(16-3)7(14(18)10(11)15)9(13-6)17-5-2/h18H,4-5H2,1-3H3,(H2,11,15). The maximum absolute atomic E-state index is 11.2. The molecule has 2 N–H and O–H groups in total. The van der Waals surface area contributed by atoms with E-state index >= 15 is 0 Å². The van der Waals surface area contributed by atoms with Gasteiger partial charge in [-0.1, -0.05) is 19.7 Å². The molecule has 0 aliphatic carbocycles. The third kappa shape index (κ3) is 2.95. The molecular formula is C10H16N4O3S. The number of thiol groups is 1. The van der Waals surface area contributed by atoms with E-state index in [4.69, 9.17) is 15.2 Å². The summed E-state index contributed by atoms with van der Waals surface area (Å²) in [6, 6.07) is -0.773. The summed E-state index contributed by atoms with van der Waals surface area (Å²) in [4.78, 5) is 19.5. The van der Waals surface area contributed by atoms with Crippen LogP contribution in [0.3, 0.4) is 0 Å². The Kier molecular flexibility index (Phi) is 5.02. The van der Waals surface area contributed by atoms with Gasteiger partial charge in [0.15, 0.2) is 5.69 Å². The van der Waals surface area contributed by atoms with E-state index in [-0.39, 0.29) is 17.4 Å². The molecule has 18 heavy (non-hydrogen) atoms. The van der Waals surface area contributed by atoms with Crippen LogP contribution in [-0.2, 0) is 6.42 Å². The zero-order chi connectivity index (χ0) is 13.7. The SMILES string of the molecule is CCOc1nc(CC)nc(OC)c1N(S)C(N)=O. The number of primary amides is 1. The van der Waals surface area contributed by atoms with Crippen LogP contribution in [0.2, 0.25) is 0 Å². The zero-order valence-electron chi connectivity index (χ0n) is 10.5. The average molecular weight is 272 g/mol. The molecule has 2 amide bonds. The summed E-state index contributed by atoms with van der Waals surface area (Å²) < 4.78 is 11.4. The topological polar surface area (TPSA) is 90.6 Å². The Labute approximate surface area is 111 Å². The van der Waals surface area contributed by atoms with E-state index in [1.807, 2.05) is 6.92 Å². The van der Waals surface area contributed by atoms with Crippen LogP contribution in [0, 0.1) is 0 Å². The average Bonchev–Trinajstić information content (AvgIpc) is 2.37. The smallest absolute Gasteiger partial charge is 0.329 e. The molecule has 0 atom stereocenters. The van der Waals surface area contributed by atoms with Gasteiger partial charge in [-0.05, 0) is 6.92 Å². The molecule has 1 aromatic heterocycles. The zero-order valence-corrected chi connectivity index (χ0v) is 11.4. The Morgan fingerprint density at radius 3 is 2.44 bits per heavy atom. The molecule has 0 aliphatic heterocycles. The number of ether oxygens (including phenoxy) is 2. The summed E-state index contributed by atoms with van der Waals surface area (Å²) in [7, 11) is 1.43. The first-order valence-electron chi connectivity index (χ1n) is 5.41. The van der Waals surface area contributed by atoms with Crippen molar-refractivity contribution in [1.82, 2.24) is 9.97 Å². The number of hydrogen-bond acceptors (Lipinski definition) is 6. The van der Waals surface area contributed by atoms with E-state index in [9.17, 15) is 4.79 Å². The fourth-order valence-electron chi connectivity index (χ4n) is 1.29. The number of amides is 2. The lowest BCUT2D eigenvalue weighted by molar-refractivity contribution is 0.256. The second-order valence-electron chi connectivity index (χ2n) is 3.24. The van der Waals surface area contributed by atoms with Crippen LogP contribution in [0.5, 0.6) is 11.8 Å². The molecule has 1 aromatic rings. The van der Waals surface area contributed by atoms with E-state index in [0.29, 0.717) is 18.9 Å². The van der Waals surface area contributed by atoms with Gasteiger partial charge in [0.2, 0.25) is 11.8 Å². The van der Waals surface area contributed by atoms with Gasteiger partial charge in [0, 0.05) is 6.42 Å². The van der Waals surface area contributed by atoms with Gasteiger partial charge in [-0.3, -0.25) is 0 Å². The molecule has 0 saturated carbocycles. The van der Waals surface area contributed by atoms with Crippen molar-refractivity contribution in [2.45, 2.75) is 20.3 Å². The third-order valence-corrected chi connectivity index (χ3v) is 2.47. The molecule has 0 radical (unpaired) electrons. The van der Waals surface area contributed by atoms with Gasteiger partial charge < -0.3 is 15.2 Å². The van der Waals surface area contributed by atoms with Crippen molar-refractivity contribution < 1.29 is 14.3 Å². The van der Waals surface area contributed by atoms with Gasteiger partial charge in [-0.25, -0.2) is 9.10 Å². The molecule has 0 aromatic carbocycles. The molecule has 0 saturated heterocycles. The summed E-state index contributed by atoms with van der Waals surface area (Å²) in [6.45, 7) is 4.09. The van der Waals surface area contributed by atoms with Crippen LogP contribution in [0.25, 0.3) is 0 Å². The van der Waals surface area contributed by atoms with E-state index in [1.54, 1.807) is 6.92 Å². The molecule has 0 unspecified atom stereocenters. The van der Waals surface area contributed by atoms with Crippen molar-refractivity contribution in [3.8, 4) is 11.8 Å². The van der Waals surface area contributed by atoms with Gasteiger partial charge in [-0.2, -0.15) is 9.97 Å². The summed E-state index contributed by atoms with van der Waals surface area (Å²) >= 11 is 3.98. The minimum absolute atomic E-state index is 0.194. The van der Waals surface area contributed by atoms with E-state index in [0.717, 1.165) is 4.31 Å². The van der Waals surface area contributed by atoms with Crippen LogP contribution < -0.4 is 19.5 Å². The number of aryl methyl sites for hydroxylation is 1. The highest BCUT2D eigenvalue weighted by Crippen LogP contribution is 2.36. The van der Waals surface area contributed by atoms with Crippen molar-refractivity contribution in [3.05, 3.63) is 5.82 Å². The molecule has 7 nitrogen and oxygen atoms in total. The number of anilines is 1. The Hall–Kier alpha value is -1.70. The maximum Gasteiger partial charge on any atom is 0.329 e. The van der Waals surface area contributed by atoms with E-state index in [1.165, 1.54) is 7.11 Å². The molecule has 0 spiro atoms. The quantitative estimate of drug-likeness (QED) is 0.785. The van der Waals surface area contributed by atoms with E-state index < -0.39 is 6.03 Å². The minimum Gasteiger partial charge on any atom is -0.479 e. The lowest BCUT2D eigenvalue weighted by Crippen LogP contribution is -2.28. The lowest BCUT2D eigenvalue weighted by atomic mass is 10.4. The minimum atomic E-state index is -0.773. The fraction of sp³-hybridized carbons (Fsp3) is 0.500. The predicted octanol–water partition coefficient (Wildman–Crippen LogP) is 1.18. The second kappa shape index (κ2) is 6.29. The van der Waals surface area contributed by atoms with Crippen molar-refractivity contribution >= 4 is 24.5 Å². The molecule has 100 valence electrons. The van der Waals surface area contributed by atoms with Gasteiger partial charge >= 0.3 is 6.03 Å². The first-order chi connectivity index (χ1) is 8.54. The first-order valence-corrected chi connectivity index (χ1v) is 5.81. The number of hydrogen-bond donors (Lipinski definition) is 2. The predicted molar refractivity (Wildman–Crippen MR) is 70.2 cm³/mol. The monoisotopic (exact) mass is 272 g/mol. The van der Waals surface area contributed by atoms with Crippen LogP contribution >= 0.6 is 12.8 Å². The Morgan fingerprint density at radius 1 is 1.39 bits per heavy atom. The number of aromatic nitrogens is 2. The van der Waals surface area contributed by atoms with Crippen molar-refractivity contribution in [2.75, 3.05) is 18.0 Å². The number of carbonyl (C=O) groups is 1. The molecule has 1 rings (SSSR count). The van der Waals surface area contributed by atoms with Gasteiger partial charge in [0.05, 0.1) is 13.7 Å². The van der Waals surface area contributed by atoms with E-state index in [2.05, 4.69) is 22.8 Å². The maximum atomic E-state index is 11.2. The fourth-order valence-corrected chi connectivity index (χ4v) is 1.46. The highest BCUT2D eigenvalue weighted by molar-refractivity contribution is 7.82. The molecule has 8 heteroatoms. The normalized spacial score (nSPS) is 10.0. The molecule has 0 aliphatic rings. The Balaban J connectivity index is 3.38. The number of urea groups is 1. The summed E-state index contributed by atoms with van der Waals surface area (Å²) in [5.74, 6) is 0.958. The lowest BCUT2D eigenvalue weighted by Gasteiger charge is -2.18. The molecule has 0 bridgehead atoms. The summed E-state index contributed by atoms with van der Waals surface area (Å²) in [6.07, 6.45) is 0.611. The molecule has 1 heterocycles. The van der Waals surface area contributed by atoms with Gasteiger partial charge in [0.25, 0.3) is 0 Å². The Bertz CT molecular complexity index is 441. The number of rotatable bonds is 5. The Morgan fingerprint density at radius 2 is 2.00 bits per heavy atom. The van der Waals surface area contributed by atoms with Gasteiger partial charge in [0.1, 0.15) is 5.82 Å².